The first-order valence-corrected chi connectivity index (χ1v) is 12.1. The Morgan fingerprint density at radius 3 is 2.49 bits per heavy atom. The molecule has 1 aliphatic heterocycles. The summed E-state index contributed by atoms with van der Waals surface area (Å²) >= 11 is 0. The molecule has 0 bridgehead atoms. The van der Waals surface area contributed by atoms with Crippen molar-refractivity contribution in [1.82, 2.24) is 4.98 Å². The second kappa shape index (κ2) is 11.5. The molecule has 1 amide bonds. The van der Waals surface area contributed by atoms with E-state index in [-0.39, 0.29) is 23.7 Å². The topological polar surface area (TPSA) is 106 Å². The molecule has 0 radical (unpaired) electrons. The number of pyridine rings is 1. The molecule has 8 nitrogen and oxygen atoms in total. The van der Waals surface area contributed by atoms with E-state index in [2.05, 4.69) is 4.98 Å². The van der Waals surface area contributed by atoms with Crippen molar-refractivity contribution >= 4 is 29.1 Å². The number of aliphatic hydroxyl groups excluding tert-OH is 1. The highest BCUT2D eigenvalue weighted by molar-refractivity contribution is 6.51. The third kappa shape index (κ3) is 5.53. The van der Waals surface area contributed by atoms with Gasteiger partial charge in [0.25, 0.3) is 11.7 Å². The molecule has 1 fully saturated rings. The van der Waals surface area contributed by atoms with Gasteiger partial charge in [-0.3, -0.25) is 24.3 Å². The van der Waals surface area contributed by atoms with E-state index in [1.807, 2.05) is 6.92 Å². The number of esters is 1. The number of hydrogen-bond donors (Lipinski definition) is 1. The molecule has 1 aromatic heterocycles. The lowest BCUT2D eigenvalue weighted by Crippen LogP contribution is -2.29. The summed E-state index contributed by atoms with van der Waals surface area (Å²) in [6.07, 6.45) is 2.48. The molecule has 37 heavy (non-hydrogen) atoms. The van der Waals surface area contributed by atoms with Crippen LogP contribution in [0.15, 0.2) is 78.5 Å². The molecule has 1 aliphatic rings. The number of amides is 1. The van der Waals surface area contributed by atoms with Gasteiger partial charge in [-0.25, -0.2) is 0 Å². The second-order valence-electron chi connectivity index (χ2n) is 8.45. The first kappa shape index (κ1) is 25.6. The van der Waals surface area contributed by atoms with Gasteiger partial charge in [0.05, 0.1) is 30.9 Å². The largest absolute Gasteiger partial charge is 0.507 e. The Hall–Kier alpha value is -4.46. The fourth-order valence-electron chi connectivity index (χ4n) is 4.18. The number of Topliss-reactive ketones (excluding diaryl/α,β-unsaturated/α-hetero) is 1. The smallest absolute Gasteiger partial charge is 0.310 e. The monoisotopic (exact) mass is 500 g/mol. The maximum Gasteiger partial charge on any atom is 0.310 e. The summed E-state index contributed by atoms with van der Waals surface area (Å²) < 4.78 is 10.7. The van der Waals surface area contributed by atoms with Crippen LogP contribution in [-0.4, -0.2) is 41.0 Å². The van der Waals surface area contributed by atoms with Crippen molar-refractivity contribution in [2.24, 2.45) is 0 Å². The van der Waals surface area contributed by atoms with Gasteiger partial charge in [-0.1, -0.05) is 37.3 Å². The highest BCUT2D eigenvalue weighted by Crippen LogP contribution is 2.41. The minimum atomic E-state index is -0.947. The van der Waals surface area contributed by atoms with E-state index in [1.165, 1.54) is 4.90 Å². The molecule has 2 heterocycles. The predicted molar refractivity (Wildman–Crippen MR) is 138 cm³/mol. The summed E-state index contributed by atoms with van der Waals surface area (Å²) in [5.41, 5.74) is 1.86. The molecule has 1 N–H and O–H groups in total. The van der Waals surface area contributed by atoms with Crippen molar-refractivity contribution in [3.8, 4) is 5.75 Å². The number of benzene rings is 2. The summed E-state index contributed by atoms with van der Waals surface area (Å²) in [5, 5.41) is 11.3. The number of carbonyl (C=O) groups excluding carboxylic acids is 3. The standard InChI is InChI=1S/C29H28N2O6/c1-3-16-37-22-9-7-8-20(18-22)27(33)25-26(23-10-5-6-15-30-23)31(29(35)28(25)34)21-13-11-19(12-14-21)17-24(32)36-4-2/h5-15,18,26,33H,3-4,16-17H2,1-2H3/b27-25-. The van der Waals surface area contributed by atoms with Crippen molar-refractivity contribution in [1.29, 1.82) is 0 Å². The molecule has 3 aromatic rings. The van der Waals surface area contributed by atoms with Crippen LogP contribution in [0.3, 0.4) is 0 Å². The van der Waals surface area contributed by atoms with Crippen molar-refractivity contribution in [2.45, 2.75) is 32.7 Å². The van der Waals surface area contributed by atoms with Gasteiger partial charge in [0.1, 0.15) is 17.6 Å². The van der Waals surface area contributed by atoms with Crippen LogP contribution < -0.4 is 9.64 Å². The number of hydrogen-bond acceptors (Lipinski definition) is 7. The summed E-state index contributed by atoms with van der Waals surface area (Å²) in [5.74, 6) is -1.71. The Labute approximate surface area is 215 Å². The van der Waals surface area contributed by atoms with Crippen LogP contribution in [0.5, 0.6) is 5.75 Å². The lowest BCUT2D eigenvalue weighted by Gasteiger charge is -2.24. The van der Waals surface area contributed by atoms with Crippen molar-refractivity contribution < 1.29 is 29.0 Å². The average molecular weight is 501 g/mol. The number of ketones is 1. The van der Waals surface area contributed by atoms with Gasteiger partial charge in [-0.2, -0.15) is 0 Å². The van der Waals surface area contributed by atoms with Gasteiger partial charge in [0.15, 0.2) is 0 Å². The number of aliphatic hydroxyl groups is 1. The van der Waals surface area contributed by atoms with Crippen molar-refractivity contribution in [3.63, 3.8) is 0 Å². The third-order valence-electron chi connectivity index (χ3n) is 5.86. The predicted octanol–water partition coefficient (Wildman–Crippen LogP) is 4.60. The lowest BCUT2D eigenvalue weighted by atomic mass is 9.98. The van der Waals surface area contributed by atoms with Crippen LogP contribution in [0, 0.1) is 0 Å². The molecule has 8 heteroatoms. The van der Waals surface area contributed by atoms with E-state index in [9.17, 15) is 19.5 Å². The Morgan fingerprint density at radius 2 is 1.81 bits per heavy atom. The zero-order chi connectivity index (χ0) is 26.4. The number of ether oxygens (including phenoxy) is 2. The normalized spacial score (nSPS) is 16.6. The molecular formula is C29H28N2O6. The minimum absolute atomic E-state index is 0.0630. The van der Waals surface area contributed by atoms with E-state index in [1.54, 1.807) is 79.9 Å². The van der Waals surface area contributed by atoms with Gasteiger partial charge in [0.2, 0.25) is 0 Å². The van der Waals surface area contributed by atoms with Crippen LogP contribution in [0.4, 0.5) is 5.69 Å². The molecule has 1 unspecified atom stereocenters. The van der Waals surface area contributed by atoms with Gasteiger partial charge in [-0.15, -0.1) is 0 Å². The molecule has 0 aliphatic carbocycles. The zero-order valence-electron chi connectivity index (χ0n) is 20.7. The summed E-state index contributed by atoms with van der Waals surface area (Å²) in [7, 11) is 0. The summed E-state index contributed by atoms with van der Waals surface area (Å²) in [4.78, 5) is 44.1. The maximum absolute atomic E-state index is 13.3. The Morgan fingerprint density at radius 1 is 1.03 bits per heavy atom. The van der Waals surface area contributed by atoms with Crippen LogP contribution in [0.25, 0.3) is 5.76 Å². The maximum atomic E-state index is 13.3. The fraction of sp³-hybridized carbons (Fsp3) is 0.241. The van der Waals surface area contributed by atoms with Crippen LogP contribution in [0.2, 0.25) is 0 Å². The number of rotatable bonds is 9. The highest BCUT2D eigenvalue weighted by Gasteiger charge is 2.47. The number of aromatic nitrogens is 1. The van der Waals surface area contributed by atoms with Crippen molar-refractivity contribution in [3.05, 3.63) is 95.3 Å². The molecular weight excluding hydrogens is 472 g/mol. The van der Waals surface area contributed by atoms with Gasteiger partial charge in [-0.05, 0) is 55.3 Å². The second-order valence-corrected chi connectivity index (χ2v) is 8.45. The van der Waals surface area contributed by atoms with Crippen LogP contribution >= 0.6 is 0 Å². The quantitative estimate of drug-likeness (QED) is 0.198. The van der Waals surface area contributed by atoms with Gasteiger partial charge >= 0.3 is 5.97 Å². The number of nitrogens with zero attached hydrogens (tertiary/aromatic N) is 2. The summed E-state index contributed by atoms with van der Waals surface area (Å²) in [6, 6.07) is 17.7. The Balaban J connectivity index is 1.77. The summed E-state index contributed by atoms with van der Waals surface area (Å²) in [6.45, 7) is 4.53. The molecule has 0 spiro atoms. The Bertz CT molecular complexity index is 1320. The van der Waals surface area contributed by atoms with Crippen LogP contribution in [0.1, 0.15) is 43.1 Å². The van der Waals surface area contributed by atoms with Gasteiger partial charge in [0, 0.05) is 17.4 Å². The van der Waals surface area contributed by atoms with E-state index in [4.69, 9.17) is 9.47 Å². The van der Waals surface area contributed by atoms with E-state index in [0.717, 1.165) is 6.42 Å². The highest BCUT2D eigenvalue weighted by atomic mass is 16.5. The van der Waals surface area contributed by atoms with Crippen molar-refractivity contribution in [2.75, 3.05) is 18.1 Å². The lowest BCUT2D eigenvalue weighted by molar-refractivity contribution is -0.142. The molecule has 4 rings (SSSR count). The van der Waals surface area contributed by atoms with Gasteiger partial charge < -0.3 is 14.6 Å². The SMILES string of the molecule is CCCOc1cccc(/C(O)=C2/C(=O)C(=O)N(c3ccc(CC(=O)OCC)cc3)C2c2ccccn2)c1. The molecule has 1 saturated heterocycles. The molecule has 190 valence electrons. The first-order valence-electron chi connectivity index (χ1n) is 12.1. The number of anilines is 1. The molecule has 0 saturated carbocycles. The number of carbonyl (C=O) groups is 3. The van der Waals surface area contributed by atoms with Crippen LogP contribution in [-0.2, 0) is 25.5 Å². The third-order valence-corrected chi connectivity index (χ3v) is 5.86. The molecule has 1 atom stereocenters. The van der Waals surface area contributed by atoms with E-state index >= 15 is 0 Å². The first-order chi connectivity index (χ1) is 17.9. The zero-order valence-corrected chi connectivity index (χ0v) is 20.7. The average Bonchev–Trinajstić information content (AvgIpc) is 3.18. The van der Waals surface area contributed by atoms with E-state index < -0.39 is 17.7 Å². The Kier molecular flexibility index (Phi) is 7.98. The fourth-order valence-corrected chi connectivity index (χ4v) is 4.18. The minimum Gasteiger partial charge on any atom is -0.507 e. The molecule has 2 aromatic carbocycles. The van der Waals surface area contributed by atoms with E-state index in [0.29, 0.717) is 41.5 Å².